The van der Waals surface area contributed by atoms with Crippen LogP contribution in [-0.2, 0) is 20.2 Å². The molecule has 2 aromatic rings. The minimum atomic E-state index is -4.22. The highest BCUT2D eigenvalue weighted by molar-refractivity contribution is 7.99. The molecule has 6 nitrogen and oxygen atoms in total. The third-order valence-electron chi connectivity index (χ3n) is 2.48. The molecule has 0 fully saturated rings. The van der Waals surface area contributed by atoms with Crippen molar-refractivity contribution in [3.63, 3.8) is 0 Å². The van der Waals surface area contributed by atoms with Gasteiger partial charge in [0.05, 0.1) is 9.79 Å². The van der Waals surface area contributed by atoms with Crippen molar-refractivity contribution in [2.24, 2.45) is 0 Å². The molecule has 0 aromatic heterocycles. The molecule has 0 saturated carbocycles. The lowest BCUT2D eigenvalue weighted by atomic mass is 10.4. The first-order chi connectivity index (χ1) is 9.66. The van der Waals surface area contributed by atoms with Crippen LogP contribution >= 0.6 is 11.8 Å². The molecule has 0 bridgehead atoms. The standard InChI is InChI=1S/C12H10O6S3/c13-20(14,15)11-5-1-9(2-6-11)19-10-3-7-12(8-4-10)21(16,17)18/h1-8H,(H,13,14,15)(H,16,17,18). The molecule has 0 aliphatic rings. The molecule has 0 atom stereocenters. The van der Waals surface area contributed by atoms with Crippen LogP contribution in [0.4, 0.5) is 0 Å². The van der Waals surface area contributed by atoms with Gasteiger partial charge in [0.25, 0.3) is 20.2 Å². The summed E-state index contributed by atoms with van der Waals surface area (Å²) in [6.45, 7) is 0. The Morgan fingerprint density at radius 2 is 0.905 bits per heavy atom. The van der Waals surface area contributed by atoms with E-state index >= 15 is 0 Å². The van der Waals surface area contributed by atoms with Crippen molar-refractivity contribution < 1.29 is 25.9 Å². The van der Waals surface area contributed by atoms with E-state index in [1.807, 2.05) is 0 Å². The highest BCUT2D eigenvalue weighted by Gasteiger charge is 2.10. The second-order valence-corrected chi connectivity index (χ2v) is 7.99. The van der Waals surface area contributed by atoms with E-state index in [0.29, 0.717) is 9.79 Å². The second kappa shape index (κ2) is 5.78. The lowest BCUT2D eigenvalue weighted by Crippen LogP contribution is -1.97. The van der Waals surface area contributed by atoms with E-state index in [0.717, 1.165) is 0 Å². The summed E-state index contributed by atoms with van der Waals surface area (Å²) in [4.78, 5) is 1.02. The molecule has 0 saturated heterocycles. The summed E-state index contributed by atoms with van der Waals surface area (Å²) < 4.78 is 61.3. The molecule has 0 heterocycles. The highest BCUT2D eigenvalue weighted by atomic mass is 32.2. The van der Waals surface area contributed by atoms with Gasteiger partial charge in [-0.25, -0.2) is 0 Å². The van der Waals surface area contributed by atoms with Crippen molar-refractivity contribution in [2.75, 3.05) is 0 Å². The maximum Gasteiger partial charge on any atom is 0.294 e. The fourth-order valence-corrected chi connectivity index (χ4v) is 3.27. The predicted octanol–water partition coefficient (Wildman–Crippen LogP) is 2.33. The van der Waals surface area contributed by atoms with E-state index in [9.17, 15) is 16.8 Å². The van der Waals surface area contributed by atoms with Crippen molar-refractivity contribution in [2.45, 2.75) is 19.6 Å². The van der Waals surface area contributed by atoms with Crippen molar-refractivity contribution in [3.05, 3.63) is 48.5 Å². The molecule has 2 rings (SSSR count). The molecule has 0 aliphatic heterocycles. The van der Waals surface area contributed by atoms with Gasteiger partial charge in [-0.1, -0.05) is 11.8 Å². The Hall–Kier alpha value is -1.39. The zero-order chi connectivity index (χ0) is 15.7. The van der Waals surface area contributed by atoms with Gasteiger partial charge in [-0.05, 0) is 48.5 Å². The van der Waals surface area contributed by atoms with Crippen LogP contribution < -0.4 is 0 Å². The summed E-state index contributed by atoms with van der Waals surface area (Å²) in [5, 5.41) is 0. The predicted molar refractivity (Wildman–Crippen MR) is 76.6 cm³/mol. The molecule has 0 radical (unpaired) electrons. The Bertz CT molecular complexity index is 763. The number of benzene rings is 2. The first-order valence-electron chi connectivity index (χ1n) is 5.49. The molecular weight excluding hydrogens is 336 g/mol. The topological polar surface area (TPSA) is 109 Å². The fourth-order valence-electron chi connectivity index (χ4n) is 1.50. The summed E-state index contributed by atoms with van der Waals surface area (Å²) in [5.41, 5.74) is 0. The molecule has 0 aliphatic carbocycles. The van der Waals surface area contributed by atoms with Crippen molar-refractivity contribution in [1.29, 1.82) is 0 Å². The zero-order valence-electron chi connectivity index (χ0n) is 10.4. The molecule has 21 heavy (non-hydrogen) atoms. The van der Waals surface area contributed by atoms with Crippen LogP contribution in [0.25, 0.3) is 0 Å². The Balaban J connectivity index is 2.19. The van der Waals surface area contributed by atoms with E-state index in [4.69, 9.17) is 9.11 Å². The minimum Gasteiger partial charge on any atom is -0.282 e. The van der Waals surface area contributed by atoms with Crippen LogP contribution in [-0.4, -0.2) is 25.9 Å². The van der Waals surface area contributed by atoms with Gasteiger partial charge >= 0.3 is 0 Å². The molecule has 112 valence electrons. The molecule has 9 heteroatoms. The third-order valence-corrected chi connectivity index (χ3v) is 5.23. The van der Waals surface area contributed by atoms with Gasteiger partial charge in [-0.3, -0.25) is 9.11 Å². The number of hydrogen-bond acceptors (Lipinski definition) is 5. The maximum absolute atomic E-state index is 10.9. The maximum atomic E-state index is 10.9. The quantitative estimate of drug-likeness (QED) is 0.818. The highest BCUT2D eigenvalue weighted by Crippen LogP contribution is 2.29. The fraction of sp³-hybridized carbons (Fsp3) is 0. The first-order valence-corrected chi connectivity index (χ1v) is 9.19. The minimum absolute atomic E-state index is 0.200. The van der Waals surface area contributed by atoms with Gasteiger partial charge in [0, 0.05) is 9.79 Å². The van der Waals surface area contributed by atoms with E-state index < -0.39 is 20.2 Å². The van der Waals surface area contributed by atoms with Crippen LogP contribution in [0.5, 0.6) is 0 Å². The summed E-state index contributed by atoms with van der Waals surface area (Å²) in [6, 6.07) is 11.1. The van der Waals surface area contributed by atoms with E-state index in [1.165, 1.54) is 60.3 Å². The second-order valence-electron chi connectivity index (χ2n) is 4.00. The normalized spacial score (nSPS) is 12.3. The van der Waals surface area contributed by atoms with Crippen molar-refractivity contribution >= 4 is 32.0 Å². The Labute approximate surface area is 126 Å². The van der Waals surface area contributed by atoms with Gasteiger partial charge in [0.1, 0.15) is 0 Å². The average Bonchev–Trinajstić information content (AvgIpc) is 2.38. The molecule has 0 spiro atoms. The van der Waals surface area contributed by atoms with Crippen molar-refractivity contribution in [3.8, 4) is 0 Å². The van der Waals surface area contributed by atoms with Crippen molar-refractivity contribution in [1.82, 2.24) is 0 Å². The molecular formula is C12H10O6S3. The Morgan fingerprint density at radius 1 is 0.619 bits per heavy atom. The Morgan fingerprint density at radius 3 is 1.14 bits per heavy atom. The Kier molecular flexibility index (Phi) is 4.40. The van der Waals surface area contributed by atoms with E-state index in [-0.39, 0.29) is 9.79 Å². The molecule has 0 amide bonds. The van der Waals surface area contributed by atoms with Crippen LogP contribution in [0.1, 0.15) is 0 Å². The van der Waals surface area contributed by atoms with Crippen LogP contribution in [0.2, 0.25) is 0 Å². The smallest absolute Gasteiger partial charge is 0.282 e. The zero-order valence-corrected chi connectivity index (χ0v) is 12.8. The number of rotatable bonds is 4. The largest absolute Gasteiger partial charge is 0.294 e. The van der Waals surface area contributed by atoms with Gasteiger partial charge in [0.2, 0.25) is 0 Å². The summed E-state index contributed by atoms with van der Waals surface area (Å²) >= 11 is 1.27. The van der Waals surface area contributed by atoms with Gasteiger partial charge in [0.15, 0.2) is 0 Å². The summed E-state index contributed by atoms with van der Waals surface area (Å²) in [5.74, 6) is 0. The third kappa shape index (κ3) is 4.29. The van der Waals surface area contributed by atoms with Crippen LogP contribution in [0.15, 0.2) is 68.1 Å². The van der Waals surface area contributed by atoms with Gasteiger partial charge in [-0.15, -0.1) is 0 Å². The van der Waals surface area contributed by atoms with Crippen LogP contribution in [0.3, 0.4) is 0 Å². The van der Waals surface area contributed by atoms with Gasteiger partial charge in [-0.2, -0.15) is 16.8 Å². The summed E-state index contributed by atoms with van der Waals surface area (Å²) in [6.07, 6.45) is 0. The molecule has 2 aromatic carbocycles. The first kappa shape index (κ1) is 16.0. The van der Waals surface area contributed by atoms with E-state index in [2.05, 4.69) is 0 Å². The lowest BCUT2D eigenvalue weighted by Gasteiger charge is -2.03. The van der Waals surface area contributed by atoms with Gasteiger partial charge < -0.3 is 0 Å². The molecule has 2 N–H and O–H groups in total. The lowest BCUT2D eigenvalue weighted by molar-refractivity contribution is 0.481. The average molecular weight is 346 g/mol. The molecule has 0 unspecified atom stereocenters. The number of hydrogen-bond donors (Lipinski definition) is 2. The SMILES string of the molecule is O=S(=O)(O)c1ccc(Sc2ccc(S(=O)(=O)O)cc2)cc1. The monoisotopic (exact) mass is 346 g/mol. The van der Waals surface area contributed by atoms with Crippen LogP contribution in [0, 0.1) is 0 Å². The summed E-state index contributed by atoms with van der Waals surface area (Å²) in [7, 11) is -8.44. The van der Waals surface area contributed by atoms with E-state index in [1.54, 1.807) is 0 Å².